The number of nitrogens with zero attached hydrogens (tertiary/aromatic N) is 1. The van der Waals surface area contributed by atoms with Crippen LogP contribution in [0, 0.1) is 0 Å². The fraction of sp³-hybridized carbons (Fsp3) is 1.00. The number of rotatable bonds is 1. The Morgan fingerprint density at radius 1 is 1.56 bits per heavy atom. The standard InChI is InChI=1S/C2H6ClN.ClH2NO2.Pt/c1-2-4-3;1-2(3)4;/h4H,2H2,1H3;3-4H;/q;;+4. The molecule has 0 aliphatic rings. The van der Waals surface area contributed by atoms with Gasteiger partial charge in [-0.3, -0.25) is 10.4 Å². The molecule has 0 spiro atoms. The number of nitrogens with one attached hydrogen (secondary N) is 1. The normalized spacial score (nSPS) is 7.33. The fourth-order valence-corrected chi connectivity index (χ4v) is 0. The van der Waals surface area contributed by atoms with Crippen molar-refractivity contribution in [2.75, 3.05) is 6.54 Å². The van der Waals surface area contributed by atoms with E-state index in [4.69, 9.17) is 22.2 Å². The molecule has 3 N–H and O–H groups in total. The minimum atomic E-state index is -0.528. The molecule has 0 aromatic rings. The molecule has 0 atom stereocenters. The summed E-state index contributed by atoms with van der Waals surface area (Å²) >= 11 is 9.16. The first-order chi connectivity index (χ1) is 3.65. The van der Waals surface area contributed by atoms with Crippen LogP contribution in [0.1, 0.15) is 6.92 Å². The molecule has 7 heteroatoms. The molecule has 0 saturated carbocycles. The average molecular weight is 358 g/mol. The minimum Gasteiger partial charge on any atom is -0.275 e. The van der Waals surface area contributed by atoms with E-state index in [1.807, 2.05) is 6.92 Å². The van der Waals surface area contributed by atoms with Crippen LogP contribution in [0.25, 0.3) is 0 Å². The van der Waals surface area contributed by atoms with Crippen LogP contribution in [0.4, 0.5) is 0 Å². The Kier molecular flexibility index (Phi) is 29.6. The smallest absolute Gasteiger partial charge is 0.275 e. The average Bonchev–Trinajstić information content (AvgIpc) is 1.65. The van der Waals surface area contributed by atoms with E-state index in [-0.39, 0.29) is 21.1 Å². The third-order valence-electron chi connectivity index (χ3n) is 0.134. The summed E-state index contributed by atoms with van der Waals surface area (Å²) in [6.45, 7) is 2.77. The maximum atomic E-state index is 7.21. The second-order valence-electron chi connectivity index (χ2n) is 0.728. The van der Waals surface area contributed by atoms with Crippen LogP contribution < -0.4 is 4.84 Å². The van der Waals surface area contributed by atoms with Gasteiger partial charge in [0.15, 0.2) is 0 Å². The van der Waals surface area contributed by atoms with Gasteiger partial charge in [-0.15, -0.1) is 0 Å². The monoisotopic (exact) mass is 357 g/mol. The third kappa shape index (κ3) is 104. The summed E-state index contributed by atoms with van der Waals surface area (Å²) in [5, 5.41) is 14.4. The van der Waals surface area contributed by atoms with Crippen LogP contribution in [-0.2, 0) is 21.1 Å². The molecule has 0 aromatic heterocycles. The molecule has 0 aliphatic heterocycles. The fourth-order valence-electron chi connectivity index (χ4n) is 0. The van der Waals surface area contributed by atoms with E-state index in [1.165, 1.54) is 0 Å². The quantitative estimate of drug-likeness (QED) is 0.483. The first kappa shape index (κ1) is 16.6. The van der Waals surface area contributed by atoms with E-state index in [0.29, 0.717) is 0 Å². The molecule has 0 aliphatic carbocycles. The molecule has 4 nitrogen and oxygen atoms in total. The molecule has 58 valence electrons. The molecule has 0 saturated heterocycles. The second-order valence-corrected chi connectivity index (χ2v) is 1.30. The topological polar surface area (TPSA) is 55.7 Å². The molecule has 0 fully saturated rings. The zero-order valence-corrected chi connectivity index (χ0v) is 8.40. The summed E-state index contributed by atoms with van der Waals surface area (Å²) in [6, 6.07) is 0. The zero-order valence-electron chi connectivity index (χ0n) is 4.62. The van der Waals surface area contributed by atoms with Gasteiger partial charge in [0, 0.05) is 23.1 Å². The molecule has 0 rings (SSSR count). The van der Waals surface area contributed by atoms with Crippen molar-refractivity contribution in [2.24, 2.45) is 0 Å². The minimum absolute atomic E-state index is 0. The molecular formula is C2H8Cl2N2O2Pt+4. The van der Waals surface area contributed by atoms with Gasteiger partial charge < -0.3 is 0 Å². The zero-order chi connectivity index (χ0) is 6.99. The predicted molar refractivity (Wildman–Crippen MR) is 30.8 cm³/mol. The molecule has 0 aromatic carbocycles. The summed E-state index contributed by atoms with van der Waals surface area (Å²) in [5.41, 5.74) is 0. The Labute approximate surface area is 78.1 Å². The first-order valence-corrected chi connectivity index (χ1v) is 2.53. The Hall–Kier alpha value is 1.11. The molecule has 0 amide bonds. The van der Waals surface area contributed by atoms with Gasteiger partial charge >= 0.3 is 21.1 Å². The van der Waals surface area contributed by atoms with Crippen LogP contribution in [0.3, 0.4) is 0 Å². The molecule has 9 heavy (non-hydrogen) atoms. The summed E-state index contributed by atoms with van der Waals surface area (Å²) in [4.78, 5) is 2.40. The van der Waals surface area contributed by atoms with Crippen LogP contribution in [0.5, 0.6) is 0 Å². The summed E-state index contributed by atoms with van der Waals surface area (Å²) < 4.78 is -0.528. The van der Waals surface area contributed by atoms with Gasteiger partial charge in [0.05, 0.1) is 0 Å². The van der Waals surface area contributed by atoms with Crippen molar-refractivity contribution in [3.8, 4) is 0 Å². The summed E-state index contributed by atoms with van der Waals surface area (Å²) in [5.74, 6) is 0. The summed E-state index contributed by atoms with van der Waals surface area (Å²) in [6.07, 6.45) is 0. The van der Waals surface area contributed by atoms with Crippen molar-refractivity contribution in [2.45, 2.75) is 6.92 Å². The largest absolute Gasteiger partial charge is 4.00 e. The van der Waals surface area contributed by atoms with E-state index in [2.05, 4.69) is 16.6 Å². The van der Waals surface area contributed by atoms with Crippen molar-refractivity contribution >= 4 is 23.6 Å². The van der Waals surface area contributed by atoms with Crippen molar-refractivity contribution in [3.63, 3.8) is 0 Å². The number of hydrogen-bond donors (Lipinski definition) is 3. The third-order valence-corrected chi connectivity index (χ3v) is 0.401. The Balaban J connectivity index is -0.0000000720. The van der Waals surface area contributed by atoms with Crippen LogP contribution in [0.15, 0.2) is 0 Å². The van der Waals surface area contributed by atoms with Crippen molar-refractivity contribution in [1.29, 1.82) is 0 Å². The van der Waals surface area contributed by atoms with Gasteiger partial charge in [0.25, 0.3) is 0 Å². The van der Waals surface area contributed by atoms with Crippen LogP contribution in [0.2, 0.25) is 0 Å². The molecular weight excluding hydrogens is 350 g/mol. The maximum Gasteiger partial charge on any atom is 4.00 e. The van der Waals surface area contributed by atoms with Gasteiger partial charge in [0.1, 0.15) is 0 Å². The van der Waals surface area contributed by atoms with E-state index >= 15 is 0 Å². The number of hydrogen-bond acceptors (Lipinski definition) is 4. The Bertz CT molecular complexity index is 37.0. The second kappa shape index (κ2) is 16.0. The Morgan fingerprint density at radius 2 is 1.67 bits per heavy atom. The van der Waals surface area contributed by atoms with E-state index in [1.54, 1.807) is 0 Å². The molecule has 0 unspecified atom stereocenters. The first-order valence-electron chi connectivity index (χ1n) is 1.82. The van der Waals surface area contributed by atoms with E-state index in [9.17, 15) is 0 Å². The van der Waals surface area contributed by atoms with Gasteiger partial charge in [-0.05, 0) is 11.8 Å². The van der Waals surface area contributed by atoms with Gasteiger partial charge in [-0.25, -0.2) is 4.84 Å². The van der Waals surface area contributed by atoms with Gasteiger partial charge in [0.2, 0.25) is 0 Å². The van der Waals surface area contributed by atoms with Crippen molar-refractivity contribution in [3.05, 3.63) is 0 Å². The summed E-state index contributed by atoms with van der Waals surface area (Å²) in [7, 11) is 0. The maximum absolute atomic E-state index is 7.21. The van der Waals surface area contributed by atoms with E-state index < -0.39 is 4.75 Å². The van der Waals surface area contributed by atoms with Gasteiger partial charge in [-0.1, -0.05) is 6.92 Å². The predicted octanol–water partition coefficient (Wildman–Crippen LogP) is 0.968. The molecule has 0 bridgehead atoms. The van der Waals surface area contributed by atoms with E-state index in [0.717, 1.165) is 6.54 Å². The SMILES string of the molecule is CCNCl.ON(O)Cl.[Pt+4]. The molecule has 0 heterocycles. The Morgan fingerprint density at radius 3 is 1.67 bits per heavy atom. The van der Waals surface area contributed by atoms with Gasteiger partial charge in [-0.2, -0.15) is 0 Å². The van der Waals surface area contributed by atoms with Crippen molar-refractivity contribution in [1.82, 2.24) is 9.58 Å². The van der Waals surface area contributed by atoms with Crippen LogP contribution in [-0.4, -0.2) is 21.7 Å². The van der Waals surface area contributed by atoms with Crippen LogP contribution >= 0.6 is 23.6 Å². The number of halogens is 2. The van der Waals surface area contributed by atoms with Crippen molar-refractivity contribution < 1.29 is 31.5 Å². The molecule has 0 radical (unpaired) electrons.